The van der Waals surface area contributed by atoms with Gasteiger partial charge in [0.1, 0.15) is 5.58 Å². The molecule has 0 aliphatic heterocycles. The summed E-state index contributed by atoms with van der Waals surface area (Å²) >= 11 is 7.86. The van der Waals surface area contributed by atoms with Crippen molar-refractivity contribution in [3.63, 3.8) is 0 Å². The molecule has 0 saturated carbocycles. The maximum Gasteiger partial charge on any atom is 0.265 e. The van der Waals surface area contributed by atoms with Gasteiger partial charge in [-0.2, -0.15) is 0 Å². The highest BCUT2D eigenvalue weighted by Crippen LogP contribution is 2.35. The zero-order valence-corrected chi connectivity index (χ0v) is 13.3. The van der Waals surface area contributed by atoms with Crippen molar-refractivity contribution < 1.29 is 9.21 Å². The molecule has 0 spiro atoms. The maximum atomic E-state index is 11.7. The first-order valence-corrected chi connectivity index (χ1v) is 8.10. The third-order valence-electron chi connectivity index (χ3n) is 3.43. The first kappa shape index (κ1) is 15.0. The topological polar surface area (TPSA) is 68.3 Å². The fourth-order valence-electron chi connectivity index (χ4n) is 2.31. The molecular weight excluding hydrogens is 320 g/mol. The Morgan fingerprint density at radius 2 is 2.09 bits per heavy atom. The second-order valence-electron chi connectivity index (χ2n) is 4.68. The number of hydrazine groups is 1. The number of halogens is 1. The molecule has 3 rings (SSSR count). The molecule has 3 N–H and O–H groups in total. The lowest BCUT2D eigenvalue weighted by atomic mass is 10.0. The highest BCUT2D eigenvalue weighted by atomic mass is 35.5. The van der Waals surface area contributed by atoms with Crippen LogP contribution in [0.3, 0.4) is 0 Å². The molecular formula is C16H13ClN2O2S. The van der Waals surface area contributed by atoms with E-state index in [0.29, 0.717) is 16.2 Å². The molecule has 4 nitrogen and oxygen atoms in total. The van der Waals surface area contributed by atoms with Gasteiger partial charge in [-0.15, -0.1) is 11.8 Å². The monoisotopic (exact) mass is 332 g/mol. The van der Waals surface area contributed by atoms with Crippen LogP contribution in [0.5, 0.6) is 0 Å². The van der Waals surface area contributed by atoms with Gasteiger partial charge in [0.05, 0.1) is 11.3 Å². The number of hydrogen-bond acceptors (Lipinski definition) is 4. The molecule has 3 aromatic rings. The van der Waals surface area contributed by atoms with Crippen LogP contribution in [-0.2, 0) is 0 Å². The molecule has 2 aromatic carbocycles. The van der Waals surface area contributed by atoms with Crippen LogP contribution in [0.1, 0.15) is 10.4 Å². The lowest BCUT2D eigenvalue weighted by Crippen LogP contribution is -2.29. The summed E-state index contributed by atoms with van der Waals surface area (Å²) in [7, 11) is 0. The summed E-state index contributed by atoms with van der Waals surface area (Å²) in [5, 5.41) is 1.53. The number of amides is 1. The van der Waals surface area contributed by atoms with E-state index in [1.807, 2.05) is 24.5 Å². The van der Waals surface area contributed by atoms with Gasteiger partial charge in [-0.1, -0.05) is 17.7 Å². The standard InChI is InChI=1S/C16H13ClN2O2S/c1-22-15-5-3-9(7-13(15)17)12-8-21-14-4-2-10(6-11(12)14)16(20)19-18/h2-8H,18H2,1H3,(H,19,20). The Morgan fingerprint density at radius 1 is 1.27 bits per heavy atom. The average molecular weight is 333 g/mol. The van der Waals surface area contributed by atoms with Crippen LogP contribution in [0.15, 0.2) is 52.0 Å². The van der Waals surface area contributed by atoms with Gasteiger partial charge in [0.15, 0.2) is 0 Å². The molecule has 0 aliphatic rings. The Labute approximate surface area is 136 Å². The maximum absolute atomic E-state index is 11.7. The number of rotatable bonds is 3. The number of benzene rings is 2. The Bertz CT molecular complexity index is 860. The summed E-state index contributed by atoms with van der Waals surface area (Å²) < 4.78 is 5.56. The van der Waals surface area contributed by atoms with Crippen molar-refractivity contribution in [2.45, 2.75) is 4.90 Å². The first-order chi connectivity index (χ1) is 10.6. The van der Waals surface area contributed by atoms with Gasteiger partial charge in [-0.3, -0.25) is 10.2 Å². The molecule has 1 aromatic heterocycles. The minimum absolute atomic E-state index is 0.343. The number of fused-ring (bicyclic) bond motifs is 1. The van der Waals surface area contributed by atoms with E-state index in [-0.39, 0.29) is 5.91 Å². The minimum atomic E-state index is -0.343. The molecule has 22 heavy (non-hydrogen) atoms. The van der Waals surface area contributed by atoms with E-state index in [1.54, 1.807) is 36.2 Å². The van der Waals surface area contributed by atoms with E-state index in [4.69, 9.17) is 21.9 Å². The van der Waals surface area contributed by atoms with Crippen molar-refractivity contribution in [1.82, 2.24) is 5.43 Å². The van der Waals surface area contributed by atoms with Crippen LogP contribution in [-0.4, -0.2) is 12.2 Å². The molecule has 0 fully saturated rings. The van der Waals surface area contributed by atoms with Crippen molar-refractivity contribution in [3.05, 3.63) is 53.2 Å². The van der Waals surface area contributed by atoms with Crippen molar-refractivity contribution in [3.8, 4) is 11.1 Å². The van der Waals surface area contributed by atoms with E-state index in [0.717, 1.165) is 21.4 Å². The molecule has 0 unspecified atom stereocenters. The Morgan fingerprint density at radius 3 is 2.77 bits per heavy atom. The number of thioether (sulfide) groups is 1. The van der Waals surface area contributed by atoms with Crippen LogP contribution >= 0.6 is 23.4 Å². The molecule has 6 heteroatoms. The van der Waals surface area contributed by atoms with Crippen molar-refractivity contribution >= 4 is 40.2 Å². The summed E-state index contributed by atoms with van der Waals surface area (Å²) in [4.78, 5) is 12.7. The Hall–Kier alpha value is -1.95. The van der Waals surface area contributed by atoms with Crippen molar-refractivity contribution in [2.75, 3.05) is 6.26 Å². The molecule has 0 saturated heterocycles. The van der Waals surface area contributed by atoms with Crippen LogP contribution < -0.4 is 11.3 Å². The first-order valence-electron chi connectivity index (χ1n) is 6.50. The van der Waals surface area contributed by atoms with Gasteiger partial charge in [-0.25, -0.2) is 5.84 Å². The molecule has 1 amide bonds. The van der Waals surface area contributed by atoms with E-state index >= 15 is 0 Å². The summed E-state index contributed by atoms with van der Waals surface area (Å²) in [5.74, 6) is 4.84. The second-order valence-corrected chi connectivity index (χ2v) is 5.94. The second kappa shape index (κ2) is 6.04. The lowest BCUT2D eigenvalue weighted by molar-refractivity contribution is 0.0954. The summed E-state index contributed by atoms with van der Waals surface area (Å²) in [6.07, 6.45) is 3.64. The van der Waals surface area contributed by atoms with Crippen LogP contribution in [0.4, 0.5) is 0 Å². The van der Waals surface area contributed by atoms with E-state index in [1.165, 1.54) is 0 Å². The zero-order valence-electron chi connectivity index (χ0n) is 11.7. The molecule has 0 radical (unpaired) electrons. The molecule has 112 valence electrons. The number of nitrogens with two attached hydrogens (primary N) is 1. The van der Waals surface area contributed by atoms with Crippen molar-refractivity contribution in [1.29, 1.82) is 0 Å². The van der Waals surface area contributed by atoms with Gasteiger partial charge in [0.25, 0.3) is 5.91 Å². The largest absolute Gasteiger partial charge is 0.464 e. The average Bonchev–Trinajstić information content (AvgIpc) is 2.97. The fraction of sp³-hybridized carbons (Fsp3) is 0.0625. The SMILES string of the molecule is CSc1ccc(-c2coc3ccc(C(=O)NN)cc23)cc1Cl. The van der Waals surface area contributed by atoms with E-state index in [2.05, 4.69) is 5.43 Å². The number of furan rings is 1. The predicted molar refractivity (Wildman–Crippen MR) is 90.1 cm³/mol. The molecule has 0 bridgehead atoms. The predicted octanol–water partition coefficient (Wildman–Crippen LogP) is 4.08. The van der Waals surface area contributed by atoms with Gasteiger partial charge >= 0.3 is 0 Å². The number of nitrogens with one attached hydrogen (secondary N) is 1. The highest BCUT2D eigenvalue weighted by molar-refractivity contribution is 7.98. The highest BCUT2D eigenvalue weighted by Gasteiger charge is 2.12. The quantitative estimate of drug-likeness (QED) is 0.328. The van der Waals surface area contributed by atoms with E-state index < -0.39 is 0 Å². The molecule has 0 aliphatic carbocycles. The number of carbonyl (C=O) groups is 1. The Kier molecular flexibility index (Phi) is 4.11. The normalized spacial score (nSPS) is 10.9. The minimum Gasteiger partial charge on any atom is -0.464 e. The summed E-state index contributed by atoms with van der Waals surface area (Å²) in [6.45, 7) is 0. The number of carbonyl (C=O) groups excluding carboxylic acids is 1. The lowest BCUT2D eigenvalue weighted by Gasteiger charge is -2.04. The van der Waals surface area contributed by atoms with Gasteiger partial charge < -0.3 is 4.42 Å². The Balaban J connectivity index is 2.14. The van der Waals surface area contributed by atoms with Gasteiger partial charge in [-0.05, 0) is 42.2 Å². The van der Waals surface area contributed by atoms with Crippen molar-refractivity contribution in [2.24, 2.45) is 5.84 Å². The zero-order chi connectivity index (χ0) is 15.7. The number of nitrogen functional groups attached to an aromatic ring is 1. The number of hydrogen-bond donors (Lipinski definition) is 2. The third kappa shape index (κ3) is 2.59. The van der Waals surface area contributed by atoms with Crippen LogP contribution in [0, 0.1) is 0 Å². The van der Waals surface area contributed by atoms with Crippen LogP contribution in [0.2, 0.25) is 5.02 Å². The fourth-order valence-corrected chi connectivity index (χ4v) is 3.18. The van der Waals surface area contributed by atoms with E-state index in [9.17, 15) is 4.79 Å². The molecule has 1 heterocycles. The van der Waals surface area contributed by atoms with Crippen LogP contribution in [0.25, 0.3) is 22.1 Å². The molecule has 0 atom stereocenters. The van der Waals surface area contributed by atoms with Gasteiger partial charge in [0, 0.05) is 21.4 Å². The smallest absolute Gasteiger partial charge is 0.265 e. The summed E-state index contributed by atoms with van der Waals surface area (Å²) in [6, 6.07) is 11.0. The van der Waals surface area contributed by atoms with Gasteiger partial charge in [0.2, 0.25) is 0 Å². The summed E-state index contributed by atoms with van der Waals surface area (Å²) in [5.41, 5.74) is 5.13. The third-order valence-corrected chi connectivity index (χ3v) is 4.65.